The Bertz CT molecular complexity index is 472. The van der Waals surface area contributed by atoms with E-state index in [1.165, 1.54) is 12.8 Å². The summed E-state index contributed by atoms with van der Waals surface area (Å²) >= 11 is 3.47. The fourth-order valence-electron chi connectivity index (χ4n) is 2.80. The minimum absolute atomic E-state index is 0.105. The van der Waals surface area contributed by atoms with Gasteiger partial charge in [-0.25, -0.2) is 0 Å². The van der Waals surface area contributed by atoms with Gasteiger partial charge in [0.05, 0.1) is 18.1 Å². The number of benzene rings is 1. The van der Waals surface area contributed by atoms with Crippen LogP contribution in [-0.4, -0.2) is 35.7 Å². The SMILES string of the molecule is COc1ccc(CN(CC(=O)O)C2CCCC2)cc1Br. The van der Waals surface area contributed by atoms with Crippen molar-refractivity contribution >= 4 is 21.9 Å². The van der Waals surface area contributed by atoms with E-state index in [1.807, 2.05) is 18.2 Å². The standard InChI is InChI=1S/C15H20BrNO3/c1-20-14-7-6-11(8-13(14)16)9-17(10-15(18)19)12-4-2-3-5-12/h6-8,12H,2-5,9-10H2,1H3,(H,18,19). The number of methoxy groups -OCH3 is 1. The first-order chi connectivity index (χ1) is 9.60. The summed E-state index contributed by atoms with van der Waals surface area (Å²) in [6, 6.07) is 6.30. The third-order valence-electron chi connectivity index (χ3n) is 3.78. The Balaban J connectivity index is 2.10. The fourth-order valence-corrected chi connectivity index (χ4v) is 3.39. The highest BCUT2D eigenvalue weighted by Gasteiger charge is 2.24. The molecular formula is C15H20BrNO3. The number of hydrogen-bond acceptors (Lipinski definition) is 3. The van der Waals surface area contributed by atoms with Crippen LogP contribution in [0.5, 0.6) is 5.75 Å². The Kier molecular flexibility index (Phi) is 5.43. The van der Waals surface area contributed by atoms with Crippen LogP contribution in [0.2, 0.25) is 0 Å². The van der Waals surface area contributed by atoms with Crippen LogP contribution in [0.3, 0.4) is 0 Å². The fraction of sp³-hybridized carbons (Fsp3) is 0.533. The number of carboxylic acids is 1. The number of carbonyl (C=O) groups is 1. The predicted molar refractivity (Wildman–Crippen MR) is 81.0 cm³/mol. The zero-order valence-corrected chi connectivity index (χ0v) is 13.2. The molecule has 0 bridgehead atoms. The summed E-state index contributed by atoms with van der Waals surface area (Å²) in [6.45, 7) is 0.772. The average Bonchev–Trinajstić information content (AvgIpc) is 2.91. The largest absolute Gasteiger partial charge is 0.496 e. The van der Waals surface area contributed by atoms with Gasteiger partial charge >= 0.3 is 5.97 Å². The maximum Gasteiger partial charge on any atom is 0.317 e. The molecule has 2 rings (SSSR count). The summed E-state index contributed by atoms with van der Waals surface area (Å²) in [6.07, 6.45) is 4.61. The lowest BCUT2D eigenvalue weighted by atomic mass is 10.1. The third kappa shape index (κ3) is 3.96. The summed E-state index contributed by atoms with van der Waals surface area (Å²) in [5.74, 6) is 0.0314. The molecule has 0 aliphatic heterocycles. The molecule has 0 amide bonds. The first kappa shape index (κ1) is 15.3. The summed E-state index contributed by atoms with van der Waals surface area (Å²) in [5.41, 5.74) is 1.10. The van der Waals surface area contributed by atoms with Crippen molar-refractivity contribution < 1.29 is 14.6 Å². The number of ether oxygens (including phenoxy) is 1. The van der Waals surface area contributed by atoms with E-state index in [1.54, 1.807) is 7.11 Å². The second-order valence-corrected chi connectivity index (χ2v) is 6.06. The lowest BCUT2D eigenvalue weighted by Gasteiger charge is -2.27. The number of aliphatic carboxylic acids is 1. The second-order valence-electron chi connectivity index (χ2n) is 5.21. The first-order valence-corrected chi connectivity index (χ1v) is 7.67. The van der Waals surface area contributed by atoms with Gasteiger partial charge in [0.1, 0.15) is 5.75 Å². The number of hydrogen-bond donors (Lipinski definition) is 1. The highest BCUT2D eigenvalue weighted by molar-refractivity contribution is 9.10. The molecule has 1 aliphatic carbocycles. The molecule has 4 nitrogen and oxygen atoms in total. The molecule has 0 heterocycles. The molecule has 0 saturated heterocycles. The molecule has 0 unspecified atom stereocenters. The van der Waals surface area contributed by atoms with Gasteiger partial charge in [0.25, 0.3) is 0 Å². The van der Waals surface area contributed by atoms with E-state index in [4.69, 9.17) is 9.84 Å². The van der Waals surface area contributed by atoms with Crippen LogP contribution in [-0.2, 0) is 11.3 Å². The highest BCUT2D eigenvalue weighted by Crippen LogP contribution is 2.28. The highest BCUT2D eigenvalue weighted by atomic mass is 79.9. The molecule has 0 aromatic heterocycles. The predicted octanol–water partition coefficient (Wildman–Crippen LogP) is 3.29. The van der Waals surface area contributed by atoms with Crippen molar-refractivity contribution in [3.63, 3.8) is 0 Å². The van der Waals surface area contributed by atoms with Gasteiger partial charge in [0.15, 0.2) is 0 Å². The Morgan fingerprint density at radius 3 is 2.70 bits per heavy atom. The molecule has 1 saturated carbocycles. The van der Waals surface area contributed by atoms with E-state index in [2.05, 4.69) is 20.8 Å². The maximum absolute atomic E-state index is 11.1. The molecule has 110 valence electrons. The topological polar surface area (TPSA) is 49.8 Å². The zero-order valence-electron chi connectivity index (χ0n) is 11.6. The van der Waals surface area contributed by atoms with Crippen molar-refractivity contribution in [1.82, 2.24) is 4.90 Å². The Morgan fingerprint density at radius 2 is 2.15 bits per heavy atom. The van der Waals surface area contributed by atoms with Gasteiger partial charge < -0.3 is 9.84 Å². The van der Waals surface area contributed by atoms with Gasteiger partial charge in [-0.05, 0) is 46.5 Å². The second kappa shape index (κ2) is 7.09. The van der Waals surface area contributed by atoms with Crippen molar-refractivity contribution in [2.45, 2.75) is 38.3 Å². The average molecular weight is 342 g/mol. The van der Waals surface area contributed by atoms with Crippen LogP contribution in [0.15, 0.2) is 22.7 Å². The van der Waals surface area contributed by atoms with Crippen LogP contribution in [0.4, 0.5) is 0 Å². The number of halogens is 1. The quantitative estimate of drug-likeness (QED) is 0.862. The molecule has 0 atom stereocenters. The van der Waals surface area contributed by atoms with Crippen LogP contribution >= 0.6 is 15.9 Å². The summed E-state index contributed by atoms with van der Waals surface area (Å²) in [7, 11) is 1.63. The van der Waals surface area contributed by atoms with Gasteiger partial charge in [-0.1, -0.05) is 18.9 Å². The molecule has 5 heteroatoms. The third-order valence-corrected chi connectivity index (χ3v) is 4.40. The van der Waals surface area contributed by atoms with Crippen LogP contribution in [0.1, 0.15) is 31.2 Å². The number of nitrogens with zero attached hydrogens (tertiary/aromatic N) is 1. The van der Waals surface area contributed by atoms with Crippen molar-refractivity contribution in [2.24, 2.45) is 0 Å². The van der Waals surface area contributed by atoms with Gasteiger partial charge in [0, 0.05) is 12.6 Å². The van der Waals surface area contributed by atoms with Crippen LogP contribution in [0.25, 0.3) is 0 Å². The lowest BCUT2D eigenvalue weighted by Crippen LogP contribution is -2.37. The summed E-state index contributed by atoms with van der Waals surface area (Å²) in [4.78, 5) is 13.1. The molecule has 1 aliphatic rings. The normalized spacial score (nSPS) is 15.8. The molecule has 20 heavy (non-hydrogen) atoms. The van der Waals surface area contributed by atoms with E-state index in [0.29, 0.717) is 12.6 Å². The van der Waals surface area contributed by atoms with Crippen molar-refractivity contribution in [3.8, 4) is 5.75 Å². The molecule has 0 radical (unpaired) electrons. The molecule has 1 fully saturated rings. The maximum atomic E-state index is 11.1. The molecule has 1 N–H and O–H groups in total. The van der Waals surface area contributed by atoms with E-state index in [0.717, 1.165) is 28.6 Å². The van der Waals surface area contributed by atoms with Crippen molar-refractivity contribution in [2.75, 3.05) is 13.7 Å². The molecule has 0 spiro atoms. The molecule has 1 aromatic carbocycles. The zero-order chi connectivity index (χ0) is 14.5. The van der Waals surface area contributed by atoms with Crippen molar-refractivity contribution in [3.05, 3.63) is 28.2 Å². The monoisotopic (exact) mass is 341 g/mol. The van der Waals surface area contributed by atoms with Gasteiger partial charge in [-0.15, -0.1) is 0 Å². The Labute approximate surface area is 127 Å². The van der Waals surface area contributed by atoms with E-state index in [9.17, 15) is 4.79 Å². The Hall–Kier alpha value is -1.07. The number of rotatable bonds is 6. The minimum Gasteiger partial charge on any atom is -0.496 e. The van der Waals surface area contributed by atoms with E-state index < -0.39 is 5.97 Å². The molecule has 1 aromatic rings. The van der Waals surface area contributed by atoms with E-state index >= 15 is 0 Å². The Morgan fingerprint density at radius 1 is 1.45 bits per heavy atom. The lowest BCUT2D eigenvalue weighted by molar-refractivity contribution is -0.139. The summed E-state index contributed by atoms with van der Waals surface area (Å²) < 4.78 is 6.12. The molecular weight excluding hydrogens is 322 g/mol. The minimum atomic E-state index is -0.760. The number of carboxylic acid groups (broad SMARTS) is 1. The van der Waals surface area contributed by atoms with Crippen LogP contribution < -0.4 is 4.74 Å². The first-order valence-electron chi connectivity index (χ1n) is 6.88. The van der Waals surface area contributed by atoms with E-state index in [-0.39, 0.29) is 6.54 Å². The van der Waals surface area contributed by atoms with Crippen LogP contribution in [0, 0.1) is 0 Å². The van der Waals surface area contributed by atoms with Gasteiger partial charge in [0.2, 0.25) is 0 Å². The summed E-state index contributed by atoms with van der Waals surface area (Å²) in [5, 5.41) is 9.09. The van der Waals surface area contributed by atoms with Crippen molar-refractivity contribution in [1.29, 1.82) is 0 Å². The van der Waals surface area contributed by atoms with Gasteiger partial charge in [-0.3, -0.25) is 9.69 Å². The smallest absolute Gasteiger partial charge is 0.317 e. The van der Waals surface area contributed by atoms with Gasteiger partial charge in [-0.2, -0.15) is 0 Å².